The van der Waals surface area contributed by atoms with E-state index in [9.17, 15) is 5.11 Å². The van der Waals surface area contributed by atoms with E-state index in [-0.39, 0.29) is 6.10 Å². The van der Waals surface area contributed by atoms with Crippen molar-refractivity contribution in [2.75, 3.05) is 18.0 Å². The largest absolute Gasteiger partial charge is 0.393 e. The number of hydrogen-bond donors (Lipinski definition) is 1. The Balaban J connectivity index is 1.75. The third kappa shape index (κ3) is 3.47. The van der Waals surface area contributed by atoms with Crippen molar-refractivity contribution in [1.82, 2.24) is 4.98 Å². The summed E-state index contributed by atoms with van der Waals surface area (Å²) >= 11 is 0. The molecule has 3 heteroatoms. The number of pyridine rings is 1. The van der Waals surface area contributed by atoms with Crippen LogP contribution in [0.15, 0.2) is 42.6 Å². The second-order valence-corrected chi connectivity index (χ2v) is 6.07. The standard InChI is InChI=1S/C19H24N2O/c1-2-4-15-5-3-6-16(13-15)17-7-8-19(20-14-17)21-11-9-18(22)10-12-21/h3,5-8,13-14,18,22H,2,4,9-12H2,1H3. The minimum atomic E-state index is -0.142. The van der Waals surface area contributed by atoms with E-state index in [4.69, 9.17) is 0 Å². The van der Waals surface area contributed by atoms with Gasteiger partial charge in [0.05, 0.1) is 6.10 Å². The number of aliphatic hydroxyl groups is 1. The maximum atomic E-state index is 9.59. The van der Waals surface area contributed by atoms with Crippen molar-refractivity contribution in [2.24, 2.45) is 0 Å². The Bertz CT molecular complexity index is 601. The van der Waals surface area contributed by atoms with Crippen LogP contribution in [0.4, 0.5) is 5.82 Å². The average Bonchev–Trinajstić information content (AvgIpc) is 2.56. The quantitative estimate of drug-likeness (QED) is 0.935. The smallest absolute Gasteiger partial charge is 0.128 e. The lowest BCUT2D eigenvalue weighted by molar-refractivity contribution is 0.145. The molecule has 0 spiro atoms. The van der Waals surface area contributed by atoms with Crippen molar-refractivity contribution >= 4 is 5.82 Å². The zero-order chi connectivity index (χ0) is 15.4. The number of rotatable bonds is 4. The SMILES string of the molecule is CCCc1cccc(-c2ccc(N3CCC(O)CC3)nc2)c1. The predicted octanol–water partition coefficient (Wildman–Crippen LogP) is 3.66. The molecule has 3 nitrogen and oxygen atoms in total. The molecule has 1 aliphatic heterocycles. The monoisotopic (exact) mass is 296 g/mol. The summed E-state index contributed by atoms with van der Waals surface area (Å²) in [7, 11) is 0. The highest BCUT2D eigenvalue weighted by molar-refractivity contribution is 5.64. The minimum absolute atomic E-state index is 0.142. The highest BCUT2D eigenvalue weighted by Gasteiger charge is 2.17. The molecular weight excluding hydrogens is 272 g/mol. The summed E-state index contributed by atoms with van der Waals surface area (Å²) in [5, 5.41) is 9.59. The normalized spacial score (nSPS) is 16.0. The zero-order valence-corrected chi connectivity index (χ0v) is 13.2. The summed E-state index contributed by atoms with van der Waals surface area (Å²) in [5.41, 5.74) is 3.78. The van der Waals surface area contributed by atoms with E-state index >= 15 is 0 Å². The molecule has 2 aromatic rings. The van der Waals surface area contributed by atoms with Crippen molar-refractivity contribution < 1.29 is 5.11 Å². The Morgan fingerprint density at radius 2 is 1.95 bits per heavy atom. The Morgan fingerprint density at radius 3 is 2.64 bits per heavy atom. The van der Waals surface area contributed by atoms with Gasteiger partial charge in [-0.3, -0.25) is 0 Å². The minimum Gasteiger partial charge on any atom is -0.393 e. The fraction of sp³-hybridized carbons (Fsp3) is 0.421. The predicted molar refractivity (Wildman–Crippen MR) is 91.1 cm³/mol. The van der Waals surface area contributed by atoms with Crippen LogP contribution in [-0.4, -0.2) is 29.3 Å². The van der Waals surface area contributed by atoms with Gasteiger partial charge in [0.15, 0.2) is 0 Å². The molecule has 1 aromatic carbocycles. The highest BCUT2D eigenvalue weighted by atomic mass is 16.3. The van der Waals surface area contributed by atoms with Crippen molar-refractivity contribution in [1.29, 1.82) is 0 Å². The summed E-state index contributed by atoms with van der Waals surface area (Å²) in [6.45, 7) is 3.98. The van der Waals surface area contributed by atoms with Crippen LogP contribution in [0.1, 0.15) is 31.7 Å². The Labute approximate surface area is 132 Å². The van der Waals surface area contributed by atoms with Crippen LogP contribution in [-0.2, 0) is 6.42 Å². The molecule has 1 saturated heterocycles. The highest BCUT2D eigenvalue weighted by Crippen LogP contribution is 2.24. The molecule has 3 rings (SSSR count). The van der Waals surface area contributed by atoms with Gasteiger partial charge in [-0.25, -0.2) is 4.98 Å². The van der Waals surface area contributed by atoms with Crippen LogP contribution >= 0.6 is 0 Å². The Morgan fingerprint density at radius 1 is 1.14 bits per heavy atom. The van der Waals surface area contributed by atoms with Gasteiger partial charge < -0.3 is 10.0 Å². The zero-order valence-electron chi connectivity index (χ0n) is 13.2. The number of piperidine rings is 1. The van der Waals surface area contributed by atoms with E-state index < -0.39 is 0 Å². The summed E-state index contributed by atoms with van der Waals surface area (Å²) in [4.78, 5) is 6.88. The third-order valence-electron chi connectivity index (χ3n) is 4.34. The molecule has 0 amide bonds. The van der Waals surface area contributed by atoms with Gasteiger partial charge in [-0.2, -0.15) is 0 Å². The lowest BCUT2D eigenvalue weighted by Gasteiger charge is -2.30. The van der Waals surface area contributed by atoms with Gasteiger partial charge in [0.25, 0.3) is 0 Å². The van der Waals surface area contributed by atoms with Gasteiger partial charge in [-0.05, 0) is 42.5 Å². The molecule has 0 atom stereocenters. The number of anilines is 1. The van der Waals surface area contributed by atoms with Crippen molar-refractivity contribution in [2.45, 2.75) is 38.7 Å². The Kier molecular flexibility index (Phi) is 4.74. The van der Waals surface area contributed by atoms with E-state index in [1.807, 2.05) is 6.20 Å². The van der Waals surface area contributed by atoms with Gasteiger partial charge in [0, 0.05) is 24.8 Å². The van der Waals surface area contributed by atoms with Gasteiger partial charge in [-0.1, -0.05) is 37.6 Å². The molecule has 0 radical (unpaired) electrons. The first kappa shape index (κ1) is 15.0. The van der Waals surface area contributed by atoms with Crippen LogP contribution in [0.3, 0.4) is 0 Å². The average molecular weight is 296 g/mol. The van der Waals surface area contributed by atoms with Crippen LogP contribution in [0.2, 0.25) is 0 Å². The van der Waals surface area contributed by atoms with Crippen LogP contribution in [0, 0.1) is 0 Å². The molecule has 0 bridgehead atoms. The summed E-state index contributed by atoms with van der Waals surface area (Å²) < 4.78 is 0. The molecule has 22 heavy (non-hydrogen) atoms. The van der Waals surface area contributed by atoms with Crippen LogP contribution < -0.4 is 4.90 Å². The van der Waals surface area contributed by atoms with Crippen molar-refractivity contribution in [3.8, 4) is 11.1 Å². The maximum Gasteiger partial charge on any atom is 0.128 e. The van der Waals surface area contributed by atoms with Crippen molar-refractivity contribution in [3.05, 3.63) is 48.2 Å². The maximum absolute atomic E-state index is 9.59. The van der Waals surface area contributed by atoms with E-state index in [0.717, 1.165) is 38.2 Å². The fourth-order valence-corrected chi connectivity index (χ4v) is 3.03. The number of aromatic nitrogens is 1. The molecular formula is C19H24N2O. The summed E-state index contributed by atoms with van der Waals surface area (Å²) in [6, 6.07) is 13.0. The van der Waals surface area contributed by atoms with Gasteiger partial charge in [0.1, 0.15) is 5.82 Å². The van der Waals surface area contributed by atoms with E-state index in [0.29, 0.717) is 0 Å². The summed E-state index contributed by atoms with van der Waals surface area (Å²) in [5.74, 6) is 1.01. The Hall–Kier alpha value is -1.87. The summed E-state index contributed by atoms with van der Waals surface area (Å²) in [6.07, 6.45) is 5.78. The molecule has 1 aromatic heterocycles. The van der Waals surface area contributed by atoms with E-state index in [1.54, 1.807) is 0 Å². The number of hydrogen-bond acceptors (Lipinski definition) is 3. The van der Waals surface area contributed by atoms with Crippen LogP contribution in [0.5, 0.6) is 0 Å². The fourth-order valence-electron chi connectivity index (χ4n) is 3.03. The second-order valence-electron chi connectivity index (χ2n) is 6.07. The lowest BCUT2D eigenvalue weighted by Crippen LogP contribution is -2.36. The topological polar surface area (TPSA) is 36.4 Å². The first-order valence-corrected chi connectivity index (χ1v) is 8.24. The molecule has 2 heterocycles. The van der Waals surface area contributed by atoms with Crippen LogP contribution in [0.25, 0.3) is 11.1 Å². The number of benzene rings is 1. The van der Waals surface area contributed by atoms with E-state index in [1.165, 1.54) is 23.1 Å². The lowest BCUT2D eigenvalue weighted by atomic mass is 10.0. The molecule has 116 valence electrons. The molecule has 0 saturated carbocycles. The number of aliphatic hydroxyl groups excluding tert-OH is 1. The number of aryl methyl sites for hydroxylation is 1. The molecule has 1 aliphatic rings. The van der Waals surface area contributed by atoms with Gasteiger partial charge in [0.2, 0.25) is 0 Å². The van der Waals surface area contributed by atoms with Gasteiger partial charge in [-0.15, -0.1) is 0 Å². The molecule has 1 fully saturated rings. The van der Waals surface area contributed by atoms with Gasteiger partial charge >= 0.3 is 0 Å². The first-order chi connectivity index (χ1) is 10.8. The molecule has 0 aliphatic carbocycles. The van der Waals surface area contributed by atoms with E-state index in [2.05, 4.69) is 53.2 Å². The third-order valence-corrected chi connectivity index (χ3v) is 4.34. The van der Waals surface area contributed by atoms with Crippen molar-refractivity contribution in [3.63, 3.8) is 0 Å². The second kappa shape index (κ2) is 6.93. The number of nitrogens with zero attached hydrogens (tertiary/aromatic N) is 2. The molecule has 1 N–H and O–H groups in total. The molecule has 0 unspecified atom stereocenters. The first-order valence-electron chi connectivity index (χ1n) is 8.24.